The second kappa shape index (κ2) is 6.95. The van der Waals surface area contributed by atoms with E-state index in [0.29, 0.717) is 5.56 Å². The van der Waals surface area contributed by atoms with Crippen molar-refractivity contribution in [3.63, 3.8) is 0 Å². The highest BCUT2D eigenvalue weighted by molar-refractivity contribution is 6.14. The molecule has 4 rings (SSSR count). The number of benzene rings is 1. The molecule has 6 atom stereocenters. The number of amides is 2. The summed E-state index contributed by atoms with van der Waals surface area (Å²) in [5.41, 5.74) is 6.11. The molecule has 2 amide bonds. The quantitative estimate of drug-likeness (QED) is 0.362. The van der Waals surface area contributed by atoms with E-state index in [4.69, 9.17) is 10.5 Å². The van der Waals surface area contributed by atoms with Gasteiger partial charge in [-0.2, -0.15) is 4.99 Å². The average Bonchev–Trinajstić information content (AvgIpc) is 3.17. The van der Waals surface area contributed by atoms with Crippen LogP contribution in [-0.2, 0) is 14.3 Å². The summed E-state index contributed by atoms with van der Waals surface area (Å²) in [6.45, 7) is -0.532. The zero-order valence-corrected chi connectivity index (χ0v) is 14.5. The van der Waals surface area contributed by atoms with Crippen LogP contribution in [0.5, 0.6) is 0 Å². The minimum absolute atomic E-state index is 0.226. The lowest BCUT2D eigenvalue weighted by atomic mass is 10.0. The Hall–Kier alpha value is -2.86. The van der Waals surface area contributed by atoms with Crippen LogP contribution in [0, 0.1) is 0 Å². The Morgan fingerprint density at radius 2 is 1.89 bits per heavy atom. The Bertz CT molecular complexity index is 859. The third kappa shape index (κ3) is 2.85. The number of rotatable bonds is 3. The molecule has 1 aromatic rings. The highest BCUT2D eigenvalue weighted by Gasteiger charge is 2.55. The van der Waals surface area contributed by atoms with Crippen molar-refractivity contribution >= 4 is 23.6 Å². The van der Waals surface area contributed by atoms with Gasteiger partial charge in [0.1, 0.15) is 30.2 Å². The summed E-state index contributed by atoms with van der Waals surface area (Å²) in [7, 11) is 0. The zero-order valence-electron chi connectivity index (χ0n) is 14.5. The molecule has 28 heavy (non-hydrogen) atoms. The predicted molar refractivity (Wildman–Crippen MR) is 94.9 cm³/mol. The highest BCUT2D eigenvalue weighted by Crippen LogP contribution is 2.33. The molecule has 11 nitrogen and oxygen atoms in total. The Balaban J connectivity index is 1.80. The number of nitrogens with two attached hydrogens (primary N) is 1. The summed E-state index contributed by atoms with van der Waals surface area (Å²) in [6.07, 6.45) is -5.10. The second-order valence-electron chi connectivity index (χ2n) is 6.67. The highest BCUT2D eigenvalue weighted by atomic mass is 16.6. The van der Waals surface area contributed by atoms with Crippen molar-refractivity contribution < 1.29 is 29.6 Å². The molecule has 0 saturated carbocycles. The minimum atomic E-state index is -1.45. The fourth-order valence-corrected chi connectivity index (χ4v) is 3.63. The third-order valence-corrected chi connectivity index (χ3v) is 4.93. The summed E-state index contributed by atoms with van der Waals surface area (Å²) < 4.78 is 5.61. The van der Waals surface area contributed by atoms with E-state index in [9.17, 15) is 24.9 Å². The van der Waals surface area contributed by atoms with Crippen LogP contribution < -0.4 is 11.1 Å². The number of hydrogen-bond donors (Lipinski definition) is 5. The maximum absolute atomic E-state index is 12.7. The van der Waals surface area contributed by atoms with Gasteiger partial charge >= 0.3 is 0 Å². The van der Waals surface area contributed by atoms with Crippen molar-refractivity contribution in [1.82, 2.24) is 10.2 Å². The fraction of sp³-hybridized carbons (Fsp3) is 0.412. The first kappa shape index (κ1) is 18.5. The van der Waals surface area contributed by atoms with Gasteiger partial charge in [-0.15, -0.1) is 0 Å². The summed E-state index contributed by atoms with van der Waals surface area (Å²) in [5.74, 6) is -1.49. The van der Waals surface area contributed by atoms with Crippen molar-refractivity contribution in [3.8, 4) is 0 Å². The van der Waals surface area contributed by atoms with E-state index in [1.807, 2.05) is 0 Å². The number of amidine groups is 1. The van der Waals surface area contributed by atoms with Gasteiger partial charge < -0.3 is 30.7 Å². The summed E-state index contributed by atoms with van der Waals surface area (Å²) in [5, 5.41) is 32.4. The molecule has 1 aromatic carbocycles. The number of nitrogens with zero attached hydrogens (tertiary/aromatic N) is 3. The molecule has 11 heteroatoms. The molecule has 0 bridgehead atoms. The molecule has 3 aliphatic rings. The lowest BCUT2D eigenvalue weighted by Gasteiger charge is -2.34. The van der Waals surface area contributed by atoms with Gasteiger partial charge in [-0.3, -0.25) is 19.9 Å². The van der Waals surface area contributed by atoms with Crippen LogP contribution in [0.25, 0.3) is 0 Å². The van der Waals surface area contributed by atoms with Crippen LogP contribution in [0.4, 0.5) is 0 Å². The number of aliphatic hydroxyl groups excluding tert-OH is 3. The van der Waals surface area contributed by atoms with Crippen molar-refractivity contribution in [2.45, 2.75) is 36.6 Å². The number of aliphatic imine (C=N–C) groups is 2. The predicted octanol–water partition coefficient (Wildman–Crippen LogP) is -3.10. The smallest absolute Gasteiger partial charge is 0.276 e. The largest absolute Gasteiger partial charge is 0.394 e. The fourth-order valence-electron chi connectivity index (χ4n) is 3.63. The van der Waals surface area contributed by atoms with E-state index in [2.05, 4.69) is 15.3 Å². The Labute approximate surface area is 159 Å². The topological polar surface area (TPSA) is 170 Å². The first-order valence-corrected chi connectivity index (χ1v) is 8.65. The summed E-state index contributed by atoms with van der Waals surface area (Å²) in [6, 6.07) is 6.33. The van der Waals surface area contributed by atoms with Gasteiger partial charge in [-0.25, -0.2) is 0 Å². The van der Waals surface area contributed by atoms with E-state index in [1.165, 1.54) is 4.90 Å². The first-order valence-electron chi connectivity index (χ1n) is 8.65. The molecule has 3 heterocycles. The van der Waals surface area contributed by atoms with Gasteiger partial charge in [0.05, 0.1) is 6.61 Å². The van der Waals surface area contributed by atoms with Crippen molar-refractivity contribution in [2.24, 2.45) is 15.7 Å². The van der Waals surface area contributed by atoms with Crippen LogP contribution >= 0.6 is 0 Å². The van der Waals surface area contributed by atoms with Crippen LogP contribution in [-0.4, -0.2) is 87.1 Å². The standard InChI is InChI=1S/C17H19N5O6/c18-17-20-14(26)9-10(15(27)21-17)22(13(19-9)7-4-2-1-3-5-7)16-12(25)11(24)8(6-23)28-16/h1-5,8-12,16,23-25H,6H2,(H3,18,20,21,26,27)/t8-,9?,10?,11-,12-,16?/m1/s1. The van der Waals surface area contributed by atoms with E-state index >= 15 is 0 Å². The van der Waals surface area contributed by atoms with Crippen LogP contribution in [0.15, 0.2) is 40.3 Å². The van der Waals surface area contributed by atoms with E-state index in [-0.39, 0.29) is 11.8 Å². The molecule has 3 unspecified atom stereocenters. The lowest BCUT2D eigenvalue weighted by Crippen LogP contribution is -2.58. The number of nitrogens with one attached hydrogen (secondary N) is 1. The molecule has 3 aliphatic heterocycles. The normalized spacial score (nSPS) is 35.2. The van der Waals surface area contributed by atoms with Crippen LogP contribution in [0.2, 0.25) is 0 Å². The Morgan fingerprint density at radius 1 is 1.18 bits per heavy atom. The lowest BCUT2D eigenvalue weighted by molar-refractivity contribution is -0.134. The second-order valence-corrected chi connectivity index (χ2v) is 6.67. The third-order valence-electron chi connectivity index (χ3n) is 4.93. The maximum Gasteiger partial charge on any atom is 0.276 e. The minimum Gasteiger partial charge on any atom is -0.394 e. The first-order chi connectivity index (χ1) is 13.4. The number of ether oxygens (including phenoxy) is 1. The number of aliphatic hydroxyl groups is 3. The maximum atomic E-state index is 12.7. The molecule has 6 N–H and O–H groups in total. The average molecular weight is 389 g/mol. The van der Waals surface area contributed by atoms with Gasteiger partial charge in [0.25, 0.3) is 11.8 Å². The molecule has 1 fully saturated rings. The number of carbonyl (C=O) groups is 2. The molecule has 0 aliphatic carbocycles. The van der Waals surface area contributed by atoms with Gasteiger partial charge in [-0.1, -0.05) is 30.3 Å². The number of carbonyl (C=O) groups excluding carboxylic acids is 2. The summed E-state index contributed by atoms with van der Waals surface area (Å²) >= 11 is 0. The number of fused-ring (bicyclic) bond motifs is 1. The van der Waals surface area contributed by atoms with Crippen molar-refractivity contribution in [2.75, 3.05) is 6.61 Å². The number of hydrogen-bond acceptors (Lipinski definition) is 9. The Kier molecular flexibility index (Phi) is 4.59. The Morgan fingerprint density at radius 3 is 2.54 bits per heavy atom. The van der Waals surface area contributed by atoms with Crippen molar-refractivity contribution in [3.05, 3.63) is 35.9 Å². The van der Waals surface area contributed by atoms with Gasteiger partial charge in [0.15, 0.2) is 12.3 Å². The van der Waals surface area contributed by atoms with Crippen LogP contribution in [0.1, 0.15) is 5.56 Å². The van der Waals surface area contributed by atoms with Crippen LogP contribution in [0.3, 0.4) is 0 Å². The molecule has 0 spiro atoms. The summed E-state index contributed by atoms with van der Waals surface area (Å²) in [4.78, 5) is 34.6. The van der Waals surface area contributed by atoms with E-state index in [0.717, 1.165) is 0 Å². The van der Waals surface area contributed by atoms with E-state index in [1.54, 1.807) is 30.3 Å². The van der Waals surface area contributed by atoms with Crippen molar-refractivity contribution in [1.29, 1.82) is 0 Å². The monoisotopic (exact) mass is 389 g/mol. The molecule has 0 aromatic heterocycles. The molecule has 1 saturated heterocycles. The molecule has 148 valence electrons. The molecule has 0 radical (unpaired) electrons. The van der Waals surface area contributed by atoms with Gasteiger partial charge in [0.2, 0.25) is 5.96 Å². The van der Waals surface area contributed by atoms with Gasteiger partial charge in [0, 0.05) is 5.56 Å². The zero-order chi connectivity index (χ0) is 20.0. The molecular formula is C17H19N5O6. The molecular weight excluding hydrogens is 370 g/mol. The number of guanidine groups is 1. The van der Waals surface area contributed by atoms with Gasteiger partial charge in [-0.05, 0) is 0 Å². The van der Waals surface area contributed by atoms with E-state index < -0.39 is 55.0 Å². The SMILES string of the molecule is NC1=NC(=O)C2N=C(c3ccccc3)N(C3O[C@H](CO)[C@@H](O)[C@H]3O)C2C(=O)N1.